The smallest absolute Gasteiger partial charge is 0.412 e. The lowest BCUT2D eigenvalue weighted by Crippen LogP contribution is -2.47. The SMILES string of the molecule is COc1ccc(NC(=O)[C@@H](NC(=O)c2c(F)cccc2F)C(C)C)cc1NC(=O)OC(C)(C)C. The maximum Gasteiger partial charge on any atom is 0.412 e. The predicted octanol–water partition coefficient (Wildman–Crippen LogP) is 4.71. The average molecular weight is 478 g/mol. The van der Waals surface area contributed by atoms with Gasteiger partial charge in [0.1, 0.15) is 34.6 Å². The lowest BCUT2D eigenvalue weighted by atomic mass is 10.0. The maximum absolute atomic E-state index is 14.0. The number of hydrogen-bond donors (Lipinski definition) is 3. The van der Waals surface area contributed by atoms with E-state index in [4.69, 9.17) is 9.47 Å². The molecule has 0 unspecified atom stereocenters. The van der Waals surface area contributed by atoms with Gasteiger partial charge in [-0.05, 0) is 57.0 Å². The summed E-state index contributed by atoms with van der Waals surface area (Å²) < 4.78 is 38.4. The first-order valence-corrected chi connectivity index (χ1v) is 10.6. The minimum atomic E-state index is -1.10. The van der Waals surface area contributed by atoms with Crippen LogP contribution in [0.25, 0.3) is 0 Å². The normalized spacial score (nSPS) is 12.0. The van der Waals surface area contributed by atoms with Crippen molar-refractivity contribution in [3.05, 3.63) is 53.6 Å². The van der Waals surface area contributed by atoms with Crippen molar-refractivity contribution in [1.82, 2.24) is 5.32 Å². The molecule has 0 bridgehead atoms. The Kier molecular flexibility index (Phi) is 8.56. The first-order chi connectivity index (χ1) is 15.8. The minimum Gasteiger partial charge on any atom is -0.495 e. The van der Waals surface area contributed by atoms with Gasteiger partial charge in [-0.25, -0.2) is 13.6 Å². The Labute approximate surface area is 197 Å². The van der Waals surface area contributed by atoms with Gasteiger partial charge < -0.3 is 20.1 Å². The number of carbonyl (C=O) groups excluding carboxylic acids is 3. The van der Waals surface area contributed by atoms with Gasteiger partial charge in [0.05, 0.1) is 12.8 Å². The van der Waals surface area contributed by atoms with Crippen LogP contribution in [0.3, 0.4) is 0 Å². The van der Waals surface area contributed by atoms with Crippen LogP contribution in [0.5, 0.6) is 5.75 Å². The number of anilines is 2. The summed E-state index contributed by atoms with van der Waals surface area (Å²) in [5.41, 5.74) is -0.958. The Morgan fingerprint density at radius 1 is 0.971 bits per heavy atom. The van der Waals surface area contributed by atoms with E-state index in [1.54, 1.807) is 34.6 Å². The molecule has 10 heteroatoms. The molecule has 0 heterocycles. The fourth-order valence-electron chi connectivity index (χ4n) is 2.98. The Morgan fingerprint density at radius 3 is 2.12 bits per heavy atom. The van der Waals surface area contributed by atoms with Crippen LogP contribution in [-0.4, -0.2) is 36.7 Å². The van der Waals surface area contributed by atoms with Gasteiger partial charge in [0.25, 0.3) is 5.91 Å². The summed E-state index contributed by atoms with van der Waals surface area (Å²) in [6, 6.07) is 6.47. The molecule has 0 saturated heterocycles. The third-order valence-corrected chi connectivity index (χ3v) is 4.53. The van der Waals surface area contributed by atoms with Gasteiger partial charge in [-0.1, -0.05) is 19.9 Å². The summed E-state index contributed by atoms with van der Waals surface area (Å²) in [7, 11) is 1.42. The van der Waals surface area contributed by atoms with Gasteiger partial charge in [-0.15, -0.1) is 0 Å². The van der Waals surface area contributed by atoms with Crippen LogP contribution >= 0.6 is 0 Å². The van der Waals surface area contributed by atoms with Crippen LogP contribution in [0.1, 0.15) is 45.0 Å². The highest BCUT2D eigenvalue weighted by molar-refractivity contribution is 6.02. The van der Waals surface area contributed by atoms with E-state index in [1.807, 2.05) is 0 Å². The zero-order valence-corrected chi connectivity index (χ0v) is 19.9. The van der Waals surface area contributed by atoms with Crippen LogP contribution in [0, 0.1) is 17.6 Å². The van der Waals surface area contributed by atoms with Crippen molar-refractivity contribution in [1.29, 1.82) is 0 Å². The van der Waals surface area contributed by atoms with Crippen LogP contribution in [0.4, 0.5) is 25.0 Å². The molecule has 3 amide bonds. The molecule has 34 heavy (non-hydrogen) atoms. The number of methoxy groups -OCH3 is 1. The van der Waals surface area contributed by atoms with E-state index in [1.165, 1.54) is 25.3 Å². The fraction of sp³-hybridized carbons (Fsp3) is 0.375. The lowest BCUT2D eigenvalue weighted by molar-refractivity contribution is -0.118. The van der Waals surface area contributed by atoms with Crippen LogP contribution in [-0.2, 0) is 9.53 Å². The van der Waals surface area contributed by atoms with Crippen molar-refractivity contribution in [2.75, 3.05) is 17.7 Å². The largest absolute Gasteiger partial charge is 0.495 e. The molecule has 0 spiro atoms. The molecule has 0 aliphatic carbocycles. The van der Waals surface area contributed by atoms with E-state index in [2.05, 4.69) is 16.0 Å². The van der Waals surface area contributed by atoms with Crippen LogP contribution in [0.2, 0.25) is 0 Å². The first kappa shape index (κ1) is 26.6. The van der Waals surface area contributed by atoms with Crippen molar-refractivity contribution in [3.8, 4) is 5.75 Å². The molecule has 2 rings (SSSR count). The second-order valence-electron chi connectivity index (χ2n) is 8.82. The molecule has 0 radical (unpaired) electrons. The number of ether oxygens (including phenoxy) is 2. The Balaban J connectivity index is 2.21. The van der Waals surface area contributed by atoms with E-state index in [0.717, 1.165) is 18.2 Å². The van der Waals surface area contributed by atoms with Crippen molar-refractivity contribution in [3.63, 3.8) is 0 Å². The van der Waals surface area contributed by atoms with E-state index >= 15 is 0 Å². The number of hydrogen-bond acceptors (Lipinski definition) is 5. The molecule has 2 aromatic rings. The van der Waals surface area contributed by atoms with Gasteiger partial charge in [-0.2, -0.15) is 0 Å². The highest BCUT2D eigenvalue weighted by Gasteiger charge is 2.27. The lowest BCUT2D eigenvalue weighted by Gasteiger charge is -2.23. The predicted molar refractivity (Wildman–Crippen MR) is 124 cm³/mol. The Hall–Kier alpha value is -3.69. The van der Waals surface area contributed by atoms with Crippen LogP contribution in [0.15, 0.2) is 36.4 Å². The summed E-state index contributed by atoms with van der Waals surface area (Å²) in [6.07, 6.45) is -0.714. The number of nitrogens with one attached hydrogen (secondary N) is 3. The third kappa shape index (κ3) is 7.16. The zero-order valence-electron chi connectivity index (χ0n) is 19.9. The molecular formula is C24H29F2N3O5. The number of carbonyl (C=O) groups is 3. The molecule has 0 aromatic heterocycles. The monoisotopic (exact) mass is 477 g/mol. The molecule has 0 aliphatic rings. The molecule has 1 atom stereocenters. The maximum atomic E-state index is 14.0. The van der Waals surface area contributed by atoms with E-state index in [-0.39, 0.29) is 11.4 Å². The number of halogens is 2. The second-order valence-corrected chi connectivity index (χ2v) is 8.82. The quantitative estimate of drug-likeness (QED) is 0.535. The van der Waals surface area contributed by atoms with Crippen molar-refractivity contribution in [2.24, 2.45) is 5.92 Å². The summed E-state index contributed by atoms with van der Waals surface area (Å²) in [6.45, 7) is 8.49. The van der Waals surface area contributed by atoms with Gasteiger partial charge in [0.2, 0.25) is 5.91 Å². The first-order valence-electron chi connectivity index (χ1n) is 10.6. The van der Waals surface area contributed by atoms with Crippen molar-refractivity contribution >= 4 is 29.3 Å². The summed E-state index contributed by atoms with van der Waals surface area (Å²) >= 11 is 0. The summed E-state index contributed by atoms with van der Waals surface area (Å²) in [5.74, 6) is -3.81. The molecule has 3 N–H and O–H groups in total. The second kappa shape index (κ2) is 11.0. The zero-order chi connectivity index (χ0) is 25.6. The van der Waals surface area contributed by atoms with E-state index in [0.29, 0.717) is 5.75 Å². The number of rotatable bonds is 7. The molecular weight excluding hydrogens is 448 g/mol. The molecule has 0 aliphatic heterocycles. The van der Waals surface area contributed by atoms with Gasteiger partial charge >= 0.3 is 6.09 Å². The van der Waals surface area contributed by atoms with Gasteiger partial charge in [0.15, 0.2) is 0 Å². The third-order valence-electron chi connectivity index (χ3n) is 4.53. The topological polar surface area (TPSA) is 106 Å². The average Bonchev–Trinajstić information content (AvgIpc) is 2.70. The Morgan fingerprint density at radius 2 is 1.59 bits per heavy atom. The molecule has 2 aromatic carbocycles. The fourth-order valence-corrected chi connectivity index (χ4v) is 2.98. The van der Waals surface area contributed by atoms with E-state index < -0.39 is 52.7 Å². The summed E-state index contributed by atoms with van der Waals surface area (Å²) in [5, 5.41) is 7.58. The standard InChI is InChI=1S/C24H29F2N3O5/c1-13(2)20(29-21(30)19-15(25)8-7-9-16(19)26)22(31)27-14-10-11-18(33-6)17(12-14)28-23(32)34-24(3,4)5/h7-13,20H,1-6H3,(H,27,31)(H,28,32)(H,29,30)/t20-/m0/s1. The van der Waals surface area contributed by atoms with Crippen molar-refractivity contribution in [2.45, 2.75) is 46.3 Å². The minimum absolute atomic E-state index is 0.244. The highest BCUT2D eigenvalue weighted by Crippen LogP contribution is 2.28. The molecule has 184 valence electrons. The number of benzene rings is 2. The molecule has 8 nitrogen and oxygen atoms in total. The summed E-state index contributed by atoms with van der Waals surface area (Å²) in [4.78, 5) is 37.5. The molecule has 0 saturated carbocycles. The van der Waals surface area contributed by atoms with Gasteiger partial charge in [-0.3, -0.25) is 14.9 Å². The molecule has 0 fully saturated rings. The van der Waals surface area contributed by atoms with Crippen LogP contribution < -0.4 is 20.7 Å². The Bertz CT molecular complexity index is 1050. The van der Waals surface area contributed by atoms with Gasteiger partial charge in [0, 0.05) is 5.69 Å². The van der Waals surface area contributed by atoms with E-state index in [9.17, 15) is 23.2 Å². The highest BCUT2D eigenvalue weighted by atomic mass is 19.1. The number of amides is 3. The van der Waals surface area contributed by atoms with Crippen molar-refractivity contribution < 1.29 is 32.6 Å².